The molecule has 6 rings (SSSR count). The van der Waals surface area contributed by atoms with Crippen molar-refractivity contribution in [3.05, 3.63) is 46.0 Å². The first-order valence-electron chi connectivity index (χ1n) is 12.5. The molecule has 34 heavy (non-hydrogen) atoms. The first-order valence-corrected chi connectivity index (χ1v) is 12.5. The monoisotopic (exact) mass is 464 g/mol. The van der Waals surface area contributed by atoms with Crippen LogP contribution in [-0.4, -0.2) is 65.7 Å². The van der Waals surface area contributed by atoms with Crippen molar-refractivity contribution in [1.29, 1.82) is 0 Å². The Bertz CT molecular complexity index is 1140. The number of aryl methyl sites for hydroxylation is 1. The van der Waals surface area contributed by atoms with Crippen LogP contribution in [0.15, 0.2) is 29.2 Å². The number of fused-ring (bicyclic) bond motifs is 1. The van der Waals surface area contributed by atoms with Crippen LogP contribution >= 0.6 is 0 Å². The van der Waals surface area contributed by atoms with Crippen LogP contribution in [0.2, 0.25) is 0 Å². The van der Waals surface area contributed by atoms with Gasteiger partial charge in [-0.2, -0.15) is 0 Å². The summed E-state index contributed by atoms with van der Waals surface area (Å²) in [6.45, 7) is 5.40. The van der Waals surface area contributed by atoms with Crippen LogP contribution in [0.3, 0.4) is 0 Å². The van der Waals surface area contributed by atoms with Gasteiger partial charge in [-0.05, 0) is 62.9 Å². The van der Waals surface area contributed by atoms with Crippen LogP contribution < -0.4 is 25.8 Å². The third-order valence-electron chi connectivity index (χ3n) is 7.62. The number of piperidine rings is 1. The minimum absolute atomic E-state index is 0.0237. The summed E-state index contributed by atoms with van der Waals surface area (Å²) in [5, 5.41) is 6.86. The molecule has 2 N–H and O–H groups in total. The van der Waals surface area contributed by atoms with Crippen molar-refractivity contribution >= 4 is 17.4 Å². The Labute approximate surface area is 199 Å². The molecule has 0 spiro atoms. The van der Waals surface area contributed by atoms with E-state index < -0.39 is 0 Å². The molecule has 0 aliphatic carbocycles. The molecule has 9 heteroatoms. The fraction of sp³-hybridized carbons (Fsp3) is 0.560. The molecule has 1 fully saturated rings. The molecule has 0 radical (unpaired) electrons. The van der Waals surface area contributed by atoms with Crippen LogP contribution in [0.1, 0.15) is 43.0 Å². The first-order chi connectivity index (χ1) is 16.7. The molecule has 0 unspecified atom stereocenters. The van der Waals surface area contributed by atoms with E-state index in [1.54, 1.807) is 17.0 Å². The summed E-state index contributed by atoms with van der Waals surface area (Å²) in [6.07, 6.45) is 6.98. The predicted molar refractivity (Wildman–Crippen MR) is 130 cm³/mol. The molecular weight excluding hydrogens is 432 g/mol. The molecule has 4 aliphatic rings. The number of amides is 1. The van der Waals surface area contributed by atoms with Gasteiger partial charge in [0.25, 0.3) is 5.56 Å². The summed E-state index contributed by atoms with van der Waals surface area (Å²) >= 11 is 0. The van der Waals surface area contributed by atoms with Gasteiger partial charge < -0.3 is 20.3 Å². The van der Waals surface area contributed by atoms with Gasteiger partial charge in [0, 0.05) is 31.7 Å². The standard InChI is InChI=1S/C25H32N6O3/c32-23-4-3-21-25-30(24(33)15-28-21)10-7-20(31(23)25)16-29-8-5-18(6-9-29)26-13-19-12-17-2-1-11-34-22(17)14-27-19/h3-4,12,14,18,20,26,28H,1-2,5-11,13,15-16H2/t20-/m0/s1. The fourth-order valence-corrected chi connectivity index (χ4v) is 5.77. The lowest BCUT2D eigenvalue weighted by Crippen LogP contribution is -2.51. The van der Waals surface area contributed by atoms with Gasteiger partial charge in [-0.3, -0.25) is 24.0 Å². The number of pyridine rings is 2. The van der Waals surface area contributed by atoms with Crippen molar-refractivity contribution in [2.24, 2.45) is 0 Å². The molecular formula is C25H32N6O3. The van der Waals surface area contributed by atoms with Crippen LogP contribution in [0.4, 0.5) is 11.5 Å². The normalized spacial score (nSPS) is 22.5. The number of rotatable bonds is 5. The van der Waals surface area contributed by atoms with Crippen LogP contribution in [0, 0.1) is 0 Å². The number of hydrogen-bond donors (Lipinski definition) is 2. The molecule has 4 aliphatic heterocycles. The number of aromatic nitrogens is 2. The molecule has 0 bridgehead atoms. The molecule has 0 saturated carbocycles. The van der Waals surface area contributed by atoms with Gasteiger partial charge in [-0.25, -0.2) is 0 Å². The lowest BCUT2D eigenvalue weighted by atomic mass is 10.0. The van der Waals surface area contributed by atoms with Gasteiger partial charge in [0.05, 0.1) is 36.8 Å². The maximum absolute atomic E-state index is 12.8. The predicted octanol–water partition coefficient (Wildman–Crippen LogP) is 1.53. The highest BCUT2D eigenvalue weighted by molar-refractivity contribution is 6.01. The van der Waals surface area contributed by atoms with Gasteiger partial charge in [-0.1, -0.05) is 0 Å². The highest BCUT2D eigenvalue weighted by Gasteiger charge is 2.35. The number of anilines is 2. The van der Waals surface area contributed by atoms with E-state index in [2.05, 4.69) is 26.6 Å². The Hall–Kier alpha value is -2.91. The average molecular weight is 465 g/mol. The largest absolute Gasteiger partial charge is 0.492 e. The lowest BCUT2D eigenvalue weighted by molar-refractivity contribution is -0.117. The summed E-state index contributed by atoms with van der Waals surface area (Å²) in [4.78, 5) is 34.0. The number of nitrogens with zero attached hydrogens (tertiary/aromatic N) is 4. The van der Waals surface area contributed by atoms with E-state index in [1.807, 2.05) is 10.8 Å². The highest BCUT2D eigenvalue weighted by atomic mass is 16.5. The van der Waals surface area contributed by atoms with Gasteiger partial charge in [0.1, 0.15) is 11.6 Å². The van der Waals surface area contributed by atoms with E-state index in [9.17, 15) is 9.59 Å². The van der Waals surface area contributed by atoms with E-state index in [4.69, 9.17) is 4.74 Å². The summed E-state index contributed by atoms with van der Waals surface area (Å²) in [5.41, 5.74) is 3.21. The topological polar surface area (TPSA) is 91.7 Å². The van der Waals surface area contributed by atoms with E-state index in [0.29, 0.717) is 19.1 Å². The minimum atomic E-state index is -0.0237. The highest BCUT2D eigenvalue weighted by Crippen LogP contribution is 2.35. The van der Waals surface area contributed by atoms with Gasteiger partial charge in [0.2, 0.25) is 5.91 Å². The van der Waals surface area contributed by atoms with Gasteiger partial charge in [0.15, 0.2) is 0 Å². The number of likely N-dealkylation sites (tertiary alicyclic amines) is 1. The van der Waals surface area contributed by atoms with E-state index in [1.165, 1.54) is 5.56 Å². The second-order valence-corrected chi connectivity index (χ2v) is 9.81. The second kappa shape index (κ2) is 9.03. The minimum Gasteiger partial charge on any atom is -0.492 e. The maximum atomic E-state index is 12.8. The van der Waals surface area contributed by atoms with E-state index in [0.717, 1.165) is 87.8 Å². The van der Waals surface area contributed by atoms with Crippen molar-refractivity contribution in [2.75, 3.05) is 49.5 Å². The number of carbonyl (C=O) groups is 1. The zero-order valence-electron chi connectivity index (χ0n) is 19.5. The van der Waals surface area contributed by atoms with Crippen molar-refractivity contribution in [3.63, 3.8) is 0 Å². The summed E-state index contributed by atoms with van der Waals surface area (Å²) in [6, 6.07) is 6.17. The fourth-order valence-electron chi connectivity index (χ4n) is 5.77. The number of ether oxygens (including phenoxy) is 1. The SMILES string of the molecule is O=C1CNc2ccc(=O)n3c2N1CC[C@H]3CN1CCC(NCc2cc3c(cn2)OCCC3)CC1. The molecule has 9 nitrogen and oxygen atoms in total. The summed E-state index contributed by atoms with van der Waals surface area (Å²) in [7, 11) is 0. The summed E-state index contributed by atoms with van der Waals surface area (Å²) < 4.78 is 7.52. The van der Waals surface area contributed by atoms with Crippen LogP contribution in [0.5, 0.6) is 5.75 Å². The molecule has 1 atom stereocenters. The smallest absolute Gasteiger partial charge is 0.252 e. The van der Waals surface area contributed by atoms with Crippen molar-refractivity contribution < 1.29 is 9.53 Å². The second-order valence-electron chi connectivity index (χ2n) is 9.81. The zero-order valence-corrected chi connectivity index (χ0v) is 19.5. The number of hydrogen-bond acceptors (Lipinski definition) is 7. The van der Waals surface area contributed by atoms with Gasteiger partial charge >= 0.3 is 0 Å². The number of nitrogens with one attached hydrogen (secondary N) is 2. The van der Waals surface area contributed by atoms with Crippen molar-refractivity contribution in [3.8, 4) is 5.75 Å². The Morgan fingerprint density at radius 1 is 1.15 bits per heavy atom. The zero-order chi connectivity index (χ0) is 23.1. The molecule has 2 aromatic heterocycles. The molecule has 2 aromatic rings. The van der Waals surface area contributed by atoms with Crippen LogP contribution in [0.25, 0.3) is 0 Å². The lowest BCUT2D eigenvalue weighted by Gasteiger charge is -2.42. The van der Waals surface area contributed by atoms with Crippen molar-refractivity contribution in [1.82, 2.24) is 19.8 Å². The Morgan fingerprint density at radius 2 is 2.03 bits per heavy atom. The third kappa shape index (κ3) is 4.07. The molecule has 0 aromatic carbocycles. The quantitative estimate of drug-likeness (QED) is 0.693. The summed E-state index contributed by atoms with van der Waals surface area (Å²) in [5.74, 6) is 1.73. The number of carbonyl (C=O) groups excluding carboxylic acids is 1. The average Bonchev–Trinajstić information content (AvgIpc) is 2.87. The molecule has 6 heterocycles. The van der Waals surface area contributed by atoms with Crippen LogP contribution in [-0.2, 0) is 17.8 Å². The van der Waals surface area contributed by atoms with E-state index in [-0.39, 0.29) is 17.5 Å². The Kier molecular flexibility index (Phi) is 5.74. The van der Waals surface area contributed by atoms with E-state index >= 15 is 0 Å². The molecule has 1 amide bonds. The van der Waals surface area contributed by atoms with Gasteiger partial charge in [-0.15, -0.1) is 0 Å². The Morgan fingerprint density at radius 3 is 2.91 bits per heavy atom. The first kappa shape index (κ1) is 21.6. The molecule has 180 valence electrons. The maximum Gasteiger partial charge on any atom is 0.252 e. The van der Waals surface area contributed by atoms with Crippen molar-refractivity contribution in [2.45, 2.75) is 50.7 Å². The Balaban J connectivity index is 1.06. The third-order valence-corrected chi connectivity index (χ3v) is 7.62. The molecule has 1 saturated heterocycles.